The zero-order valence-electron chi connectivity index (χ0n) is 12.2. The lowest BCUT2D eigenvalue weighted by Crippen LogP contribution is -2.23. The van der Waals surface area contributed by atoms with E-state index in [9.17, 15) is 4.39 Å². The van der Waals surface area contributed by atoms with Crippen molar-refractivity contribution in [2.24, 2.45) is 0 Å². The zero-order valence-corrected chi connectivity index (χ0v) is 12.2. The molecule has 1 aliphatic heterocycles. The first kappa shape index (κ1) is 13.9. The van der Waals surface area contributed by atoms with Gasteiger partial charge in [-0.2, -0.15) is 0 Å². The van der Waals surface area contributed by atoms with Gasteiger partial charge in [-0.15, -0.1) is 0 Å². The molecule has 3 rings (SSSR count). The van der Waals surface area contributed by atoms with Crippen LogP contribution in [0.15, 0.2) is 36.4 Å². The summed E-state index contributed by atoms with van der Waals surface area (Å²) in [5.41, 5.74) is 2.76. The minimum absolute atomic E-state index is 0.280. The van der Waals surface area contributed by atoms with Gasteiger partial charge in [0.2, 0.25) is 0 Å². The molecular weight excluding hydrogens is 269 g/mol. The normalized spacial score (nSPS) is 17.0. The van der Waals surface area contributed by atoms with Crippen molar-refractivity contribution in [2.45, 2.75) is 12.5 Å². The van der Waals surface area contributed by atoms with Gasteiger partial charge in [0.1, 0.15) is 17.3 Å². The van der Waals surface area contributed by atoms with Gasteiger partial charge in [-0.05, 0) is 36.9 Å². The van der Waals surface area contributed by atoms with E-state index in [4.69, 9.17) is 9.47 Å². The summed E-state index contributed by atoms with van der Waals surface area (Å²) in [5, 5.41) is 3.29. The van der Waals surface area contributed by atoms with Crippen molar-refractivity contribution in [3.05, 3.63) is 47.8 Å². The third-order valence-electron chi connectivity index (χ3n) is 3.87. The number of rotatable bonds is 3. The Morgan fingerprint density at radius 3 is 2.86 bits per heavy atom. The zero-order chi connectivity index (χ0) is 14.8. The molecule has 1 atom stereocenters. The molecule has 0 unspecified atom stereocenters. The molecule has 0 amide bonds. The first-order chi connectivity index (χ1) is 10.2. The topological polar surface area (TPSA) is 30.5 Å². The highest BCUT2D eigenvalue weighted by atomic mass is 19.1. The van der Waals surface area contributed by atoms with E-state index in [-0.39, 0.29) is 5.82 Å². The molecule has 2 aromatic rings. The summed E-state index contributed by atoms with van der Waals surface area (Å²) in [5.74, 6) is 1.22. The molecule has 0 spiro atoms. The molecule has 0 saturated carbocycles. The molecule has 1 aliphatic rings. The molecule has 21 heavy (non-hydrogen) atoms. The van der Waals surface area contributed by atoms with E-state index in [1.165, 1.54) is 12.1 Å². The third-order valence-corrected chi connectivity index (χ3v) is 3.87. The van der Waals surface area contributed by atoms with E-state index in [2.05, 4.69) is 5.32 Å². The standard InChI is InChI=1S/C17H18FNO2/c1-19-15-7-8-21-17-9-11(3-5-13(15)17)14-10-12(18)4-6-16(14)20-2/h3-6,9-10,15,19H,7-8H2,1-2H3/t15-/m1/s1. The van der Waals surface area contributed by atoms with Crippen LogP contribution in [-0.2, 0) is 0 Å². The molecule has 3 nitrogen and oxygen atoms in total. The van der Waals surface area contributed by atoms with Crippen molar-refractivity contribution < 1.29 is 13.9 Å². The quantitative estimate of drug-likeness (QED) is 0.936. The molecule has 0 saturated heterocycles. The highest BCUT2D eigenvalue weighted by Crippen LogP contribution is 2.38. The minimum atomic E-state index is -0.280. The van der Waals surface area contributed by atoms with Crippen LogP contribution in [0.4, 0.5) is 4.39 Å². The average Bonchev–Trinajstić information content (AvgIpc) is 2.53. The number of ether oxygens (including phenoxy) is 2. The Labute approximate surface area is 123 Å². The third kappa shape index (κ3) is 2.59. The second kappa shape index (κ2) is 5.74. The predicted octanol–water partition coefficient (Wildman–Crippen LogP) is 3.54. The maximum absolute atomic E-state index is 13.5. The lowest BCUT2D eigenvalue weighted by Gasteiger charge is -2.26. The number of hydrogen-bond acceptors (Lipinski definition) is 3. The van der Waals surface area contributed by atoms with E-state index in [0.717, 1.165) is 28.9 Å². The van der Waals surface area contributed by atoms with Crippen LogP contribution in [0.25, 0.3) is 11.1 Å². The summed E-state index contributed by atoms with van der Waals surface area (Å²) in [6, 6.07) is 10.8. The second-order valence-corrected chi connectivity index (χ2v) is 5.08. The van der Waals surface area contributed by atoms with Crippen LogP contribution in [0.1, 0.15) is 18.0 Å². The number of halogens is 1. The van der Waals surface area contributed by atoms with Crippen molar-refractivity contribution in [3.8, 4) is 22.6 Å². The molecule has 0 bridgehead atoms. The Balaban J connectivity index is 2.07. The van der Waals surface area contributed by atoms with Crippen molar-refractivity contribution in [2.75, 3.05) is 20.8 Å². The van der Waals surface area contributed by atoms with Crippen LogP contribution >= 0.6 is 0 Å². The molecule has 4 heteroatoms. The summed E-state index contributed by atoms with van der Waals surface area (Å²) in [6.45, 7) is 0.683. The smallest absolute Gasteiger partial charge is 0.126 e. The number of hydrogen-bond donors (Lipinski definition) is 1. The Bertz CT molecular complexity index is 657. The fourth-order valence-corrected chi connectivity index (χ4v) is 2.76. The van der Waals surface area contributed by atoms with Crippen molar-refractivity contribution in [1.82, 2.24) is 5.32 Å². The first-order valence-corrected chi connectivity index (χ1v) is 7.01. The molecule has 0 radical (unpaired) electrons. The maximum atomic E-state index is 13.5. The SMILES string of the molecule is CN[C@@H]1CCOc2cc(-c3cc(F)ccc3OC)ccc21. The number of fused-ring (bicyclic) bond motifs is 1. The van der Waals surface area contributed by atoms with Crippen LogP contribution in [0, 0.1) is 5.82 Å². The fourth-order valence-electron chi connectivity index (χ4n) is 2.76. The van der Waals surface area contributed by atoms with Crippen LogP contribution in [0.2, 0.25) is 0 Å². The summed E-state index contributed by atoms with van der Waals surface area (Å²) < 4.78 is 24.6. The van der Waals surface area contributed by atoms with Crippen LogP contribution in [0.3, 0.4) is 0 Å². The van der Waals surface area contributed by atoms with E-state index in [0.29, 0.717) is 18.4 Å². The van der Waals surface area contributed by atoms with Crippen LogP contribution < -0.4 is 14.8 Å². The Morgan fingerprint density at radius 1 is 1.24 bits per heavy atom. The monoisotopic (exact) mass is 287 g/mol. The van der Waals surface area contributed by atoms with Crippen molar-refractivity contribution >= 4 is 0 Å². The summed E-state index contributed by atoms with van der Waals surface area (Å²) >= 11 is 0. The second-order valence-electron chi connectivity index (χ2n) is 5.08. The van der Waals surface area contributed by atoms with E-state index >= 15 is 0 Å². The summed E-state index contributed by atoms with van der Waals surface area (Å²) in [4.78, 5) is 0. The van der Waals surface area contributed by atoms with E-state index < -0.39 is 0 Å². The van der Waals surface area contributed by atoms with Gasteiger partial charge in [0.25, 0.3) is 0 Å². The molecule has 0 aromatic heterocycles. The van der Waals surface area contributed by atoms with Gasteiger partial charge in [-0.25, -0.2) is 4.39 Å². The Morgan fingerprint density at radius 2 is 2.10 bits per heavy atom. The van der Waals surface area contributed by atoms with E-state index in [1.54, 1.807) is 13.2 Å². The Kier molecular flexibility index (Phi) is 3.80. The lowest BCUT2D eigenvalue weighted by molar-refractivity contribution is 0.257. The summed E-state index contributed by atoms with van der Waals surface area (Å²) in [6.07, 6.45) is 0.951. The van der Waals surface area contributed by atoms with Gasteiger partial charge in [0.05, 0.1) is 13.7 Å². The Hall–Kier alpha value is -2.07. The van der Waals surface area contributed by atoms with E-state index in [1.807, 2.05) is 25.2 Å². The van der Waals surface area contributed by atoms with Gasteiger partial charge in [-0.1, -0.05) is 12.1 Å². The first-order valence-electron chi connectivity index (χ1n) is 7.01. The average molecular weight is 287 g/mol. The van der Waals surface area contributed by atoms with Gasteiger partial charge in [0.15, 0.2) is 0 Å². The molecule has 0 aliphatic carbocycles. The summed E-state index contributed by atoms with van der Waals surface area (Å²) in [7, 11) is 3.53. The molecule has 0 fully saturated rings. The van der Waals surface area contributed by atoms with Crippen LogP contribution in [-0.4, -0.2) is 20.8 Å². The van der Waals surface area contributed by atoms with Gasteiger partial charge < -0.3 is 14.8 Å². The lowest BCUT2D eigenvalue weighted by atomic mass is 9.96. The van der Waals surface area contributed by atoms with Crippen molar-refractivity contribution in [1.29, 1.82) is 0 Å². The van der Waals surface area contributed by atoms with Gasteiger partial charge >= 0.3 is 0 Å². The van der Waals surface area contributed by atoms with Gasteiger partial charge in [0, 0.05) is 23.6 Å². The molecule has 110 valence electrons. The predicted molar refractivity (Wildman–Crippen MR) is 80.3 cm³/mol. The number of benzene rings is 2. The highest BCUT2D eigenvalue weighted by molar-refractivity contribution is 5.72. The minimum Gasteiger partial charge on any atom is -0.496 e. The maximum Gasteiger partial charge on any atom is 0.126 e. The highest BCUT2D eigenvalue weighted by Gasteiger charge is 2.21. The van der Waals surface area contributed by atoms with Gasteiger partial charge in [-0.3, -0.25) is 0 Å². The molecular formula is C17H18FNO2. The van der Waals surface area contributed by atoms with Crippen LogP contribution in [0.5, 0.6) is 11.5 Å². The molecule has 1 heterocycles. The van der Waals surface area contributed by atoms with Crippen molar-refractivity contribution in [3.63, 3.8) is 0 Å². The molecule has 2 aromatic carbocycles. The largest absolute Gasteiger partial charge is 0.496 e. The molecule has 1 N–H and O–H groups in total. The fraction of sp³-hybridized carbons (Fsp3) is 0.294. The number of nitrogens with one attached hydrogen (secondary N) is 1. The number of methoxy groups -OCH3 is 1.